The Labute approximate surface area is 130 Å². The van der Waals surface area contributed by atoms with Crippen molar-refractivity contribution >= 4 is 23.1 Å². The van der Waals surface area contributed by atoms with E-state index in [0.717, 1.165) is 47.2 Å². The van der Waals surface area contributed by atoms with E-state index in [1.54, 1.807) is 12.5 Å². The molecule has 3 heteroatoms. The van der Waals surface area contributed by atoms with Crippen molar-refractivity contribution in [2.24, 2.45) is 0 Å². The number of nitrogens with one attached hydrogen (secondary N) is 1. The molecule has 1 aliphatic carbocycles. The monoisotopic (exact) mass is 293 g/mol. The van der Waals surface area contributed by atoms with Gasteiger partial charge >= 0.3 is 0 Å². The van der Waals surface area contributed by atoms with Crippen LogP contribution in [0.25, 0.3) is 17.2 Å². The molecular weight excluding hydrogens is 274 g/mol. The molecule has 0 unspecified atom stereocenters. The zero-order valence-corrected chi connectivity index (χ0v) is 12.6. The largest absolute Gasteiger partial charge is 0.472 e. The Morgan fingerprint density at radius 2 is 2.05 bits per heavy atom. The van der Waals surface area contributed by atoms with Gasteiger partial charge in [0.1, 0.15) is 0 Å². The molecule has 0 saturated carbocycles. The summed E-state index contributed by atoms with van der Waals surface area (Å²) in [5.74, 6) is -0.00325. The highest BCUT2D eigenvalue weighted by Gasteiger charge is 2.22. The number of allylic oxidation sites excluding steroid dienone is 2. The first-order chi connectivity index (χ1) is 10.8. The number of carbonyl (C=O) groups excluding carboxylic acids is 1. The zero-order chi connectivity index (χ0) is 15.4. The first kappa shape index (κ1) is 14.4. The fraction of sp³-hybridized carbons (Fsp3) is 0.211. The Balaban J connectivity index is 1.91. The van der Waals surface area contributed by atoms with Crippen LogP contribution < -0.4 is 5.32 Å². The second kappa shape index (κ2) is 6.48. The molecule has 1 aliphatic rings. The number of hydrogen-bond donors (Lipinski definition) is 1. The van der Waals surface area contributed by atoms with Crippen LogP contribution in [0.1, 0.15) is 36.5 Å². The average molecular weight is 293 g/mol. The lowest BCUT2D eigenvalue weighted by molar-refractivity contribution is -0.115. The Hall–Kier alpha value is -2.55. The van der Waals surface area contributed by atoms with Crippen molar-refractivity contribution in [3.63, 3.8) is 0 Å². The lowest BCUT2D eigenvalue weighted by atomic mass is 10.0. The summed E-state index contributed by atoms with van der Waals surface area (Å²) in [5, 5.41) is 2.99. The predicted octanol–water partition coefficient (Wildman–Crippen LogP) is 4.13. The number of unbranched alkanes of at least 4 members (excludes halogenated alkanes) is 1. The highest BCUT2D eigenvalue weighted by atomic mass is 16.3. The van der Waals surface area contributed by atoms with Crippen LogP contribution in [-0.2, 0) is 4.79 Å². The summed E-state index contributed by atoms with van der Waals surface area (Å²) in [7, 11) is 0. The minimum atomic E-state index is -0.00325. The number of carbonyl (C=O) groups is 1. The molecule has 1 aromatic carbocycles. The van der Waals surface area contributed by atoms with Gasteiger partial charge in [0.25, 0.3) is 5.91 Å². The van der Waals surface area contributed by atoms with Crippen LogP contribution in [0.15, 0.2) is 53.4 Å². The molecular formula is C19H19NO2. The van der Waals surface area contributed by atoms with Gasteiger partial charge in [0, 0.05) is 17.7 Å². The van der Waals surface area contributed by atoms with Gasteiger partial charge in [-0.05, 0) is 41.3 Å². The first-order valence-corrected chi connectivity index (χ1v) is 7.63. The molecule has 0 bridgehead atoms. The second-order valence-corrected chi connectivity index (χ2v) is 5.37. The van der Waals surface area contributed by atoms with Crippen molar-refractivity contribution < 1.29 is 9.21 Å². The van der Waals surface area contributed by atoms with E-state index in [2.05, 4.69) is 12.2 Å². The summed E-state index contributed by atoms with van der Waals surface area (Å²) in [6.45, 7) is 2.83. The minimum Gasteiger partial charge on any atom is -0.472 e. The first-order valence-electron chi connectivity index (χ1n) is 7.63. The van der Waals surface area contributed by atoms with Crippen molar-refractivity contribution in [1.82, 2.24) is 5.32 Å². The van der Waals surface area contributed by atoms with Crippen molar-refractivity contribution in [2.45, 2.75) is 19.8 Å². The van der Waals surface area contributed by atoms with Crippen molar-refractivity contribution in [3.05, 3.63) is 65.6 Å². The van der Waals surface area contributed by atoms with Gasteiger partial charge < -0.3 is 9.73 Å². The van der Waals surface area contributed by atoms with Gasteiger partial charge in [-0.3, -0.25) is 4.79 Å². The predicted molar refractivity (Wildman–Crippen MR) is 88.9 cm³/mol. The molecule has 0 spiro atoms. The van der Waals surface area contributed by atoms with E-state index in [1.165, 1.54) is 0 Å². The van der Waals surface area contributed by atoms with Crippen molar-refractivity contribution in [1.29, 1.82) is 0 Å². The molecule has 112 valence electrons. The quantitative estimate of drug-likeness (QED) is 0.842. The van der Waals surface area contributed by atoms with Crippen LogP contribution in [0.3, 0.4) is 0 Å². The molecule has 1 N–H and O–H groups in total. The fourth-order valence-corrected chi connectivity index (χ4v) is 2.60. The van der Waals surface area contributed by atoms with Crippen LogP contribution in [0.2, 0.25) is 0 Å². The van der Waals surface area contributed by atoms with Gasteiger partial charge in [0.15, 0.2) is 0 Å². The molecule has 22 heavy (non-hydrogen) atoms. The highest BCUT2D eigenvalue weighted by Crippen LogP contribution is 2.36. The molecule has 0 fully saturated rings. The third-order valence-corrected chi connectivity index (χ3v) is 3.75. The van der Waals surface area contributed by atoms with Crippen LogP contribution in [0.4, 0.5) is 0 Å². The molecule has 1 heterocycles. The summed E-state index contributed by atoms with van der Waals surface area (Å²) in [4.78, 5) is 12.4. The number of hydrogen-bond acceptors (Lipinski definition) is 2. The summed E-state index contributed by atoms with van der Waals surface area (Å²) < 4.78 is 5.11. The van der Waals surface area contributed by atoms with E-state index in [0.29, 0.717) is 0 Å². The van der Waals surface area contributed by atoms with E-state index in [4.69, 9.17) is 4.42 Å². The number of benzene rings is 1. The minimum absolute atomic E-state index is 0.00325. The lowest BCUT2D eigenvalue weighted by Crippen LogP contribution is -2.24. The summed E-state index contributed by atoms with van der Waals surface area (Å²) in [6.07, 6.45) is 9.41. The van der Waals surface area contributed by atoms with Gasteiger partial charge in [0.05, 0.1) is 12.5 Å². The van der Waals surface area contributed by atoms with Gasteiger partial charge in [0.2, 0.25) is 0 Å². The van der Waals surface area contributed by atoms with Crippen LogP contribution in [0.5, 0.6) is 0 Å². The molecule has 0 radical (unpaired) electrons. The third kappa shape index (κ3) is 2.89. The maximum absolute atomic E-state index is 12.4. The van der Waals surface area contributed by atoms with Gasteiger partial charge in [-0.25, -0.2) is 0 Å². The number of furan rings is 1. The SMILES string of the molecule is CCCCNC(=O)C1=C/C(=C\c2ccoc2)c2ccccc21. The fourth-order valence-electron chi connectivity index (χ4n) is 2.60. The van der Waals surface area contributed by atoms with Crippen LogP contribution in [0, 0.1) is 0 Å². The maximum atomic E-state index is 12.4. The summed E-state index contributed by atoms with van der Waals surface area (Å²) in [5.41, 5.74) is 4.85. The molecule has 2 aromatic rings. The number of rotatable bonds is 5. The standard InChI is InChI=1S/C19H19NO2/c1-2-3-9-20-19(21)18-12-15(11-14-8-10-22-13-14)16-6-4-5-7-17(16)18/h4-8,10-13H,2-3,9H2,1H3,(H,20,21)/b15-11+. The van der Waals surface area contributed by atoms with E-state index in [9.17, 15) is 4.79 Å². The molecule has 1 amide bonds. The van der Waals surface area contributed by atoms with Crippen molar-refractivity contribution in [2.75, 3.05) is 6.54 Å². The molecule has 0 saturated heterocycles. The van der Waals surface area contributed by atoms with E-state index < -0.39 is 0 Å². The van der Waals surface area contributed by atoms with Crippen LogP contribution in [-0.4, -0.2) is 12.5 Å². The maximum Gasteiger partial charge on any atom is 0.251 e. The van der Waals surface area contributed by atoms with Crippen molar-refractivity contribution in [3.8, 4) is 0 Å². The van der Waals surface area contributed by atoms with E-state index >= 15 is 0 Å². The van der Waals surface area contributed by atoms with E-state index in [1.807, 2.05) is 42.5 Å². The normalized spacial score (nSPS) is 14.8. The summed E-state index contributed by atoms with van der Waals surface area (Å²) in [6, 6.07) is 9.91. The topological polar surface area (TPSA) is 42.2 Å². The van der Waals surface area contributed by atoms with E-state index in [-0.39, 0.29) is 5.91 Å². The molecule has 1 aromatic heterocycles. The highest BCUT2D eigenvalue weighted by molar-refractivity contribution is 6.26. The van der Waals surface area contributed by atoms with Crippen LogP contribution >= 0.6 is 0 Å². The average Bonchev–Trinajstić information content (AvgIpc) is 3.16. The Morgan fingerprint density at radius 3 is 2.77 bits per heavy atom. The van der Waals surface area contributed by atoms with Gasteiger partial charge in [-0.2, -0.15) is 0 Å². The molecule has 3 rings (SSSR count). The zero-order valence-electron chi connectivity index (χ0n) is 12.6. The molecule has 3 nitrogen and oxygen atoms in total. The number of fused-ring (bicyclic) bond motifs is 1. The molecule has 0 aliphatic heterocycles. The third-order valence-electron chi connectivity index (χ3n) is 3.75. The molecule has 0 atom stereocenters. The summed E-state index contributed by atoms with van der Waals surface area (Å²) >= 11 is 0. The Morgan fingerprint density at radius 1 is 1.23 bits per heavy atom. The van der Waals surface area contributed by atoms with Gasteiger partial charge in [-0.1, -0.05) is 37.6 Å². The Kier molecular flexibility index (Phi) is 4.24. The lowest BCUT2D eigenvalue weighted by Gasteiger charge is -2.06. The Bertz CT molecular complexity index is 724. The second-order valence-electron chi connectivity index (χ2n) is 5.37. The number of amides is 1. The van der Waals surface area contributed by atoms with Gasteiger partial charge in [-0.15, -0.1) is 0 Å². The smallest absolute Gasteiger partial charge is 0.251 e.